The fraction of sp³-hybridized carbons (Fsp3) is 0.136. The van der Waals surface area contributed by atoms with Gasteiger partial charge in [-0.2, -0.15) is 0 Å². The number of alkyl halides is 3. The fourth-order valence-electron chi connectivity index (χ4n) is 2.77. The van der Waals surface area contributed by atoms with Crippen LogP contribution >= 0.6 is 0 Å². The Morgan fingerprint density at radius 3 is 2.13 bits per heavy atom. The van der Waals surface area contributed by atoms with E-state index in [0.717, 1.165) is 29.0 Å². The minimum absolute atomic E-state index is 0.320. The van der Waals surface area contributed by atoms with Crippen molar-refractivity contribution in [1.29, 1.82) is 0 Å². The highest BCUT2D eigenvalue weighted by Gasteiger charge is 2.30. The molecule has 3 rings (SSSR count). The second kappa shape index (κ2) is 9.21. The molecule has 0 radical (unpaired) electrons. The third-order valence-corrected chi connectivity index (χ3v) is 4.00. The van der Waals surface area contributed by atoms with Crippen LogP contribution in [0.3, 0.4) is 0 Å². The summed E-state index contributed by atoms with van der Waals surface area (Å²) in [6.45, 7) is 2.48. The highest BCUT2D eigenvalue weighted by Crippen LogP contribution is 2.29. The Labute approximate surface area is 171 Å². The van der Waals surface area contributed by atoms with Crippen molar-refractivity contribution in [3.05, 3.63) is 72.8 Å². The smallest absolute Gasteiger partial charge is 0.494 e. The number of amides is 2. The number of halogens is 3. The monoisotopic (exact) mass is 416 g/mol. The van der Waals surface area contributed by atoms with Crippen LogP contribution < -0.4 is 20.1 Å². The molecule has 2 amide bonds. The Balaban J connectivity index is 1.68. The van der Waals surface area contributed by atoms with Crippen molar-refractivity contribution < 1.29 is 27.4 Å². The standard InChI is InChI=1S/C22H19F3N2O3/c1-2-29-17-11-7-15(8-12-17)19-5-3-4-6-20(19)27-21(28)26-16-9-13-18(14-10-16)30-22(23,24)25/h3-14H,2H2,1H3,(H2,26,27,28). The molecule has 0 aromatic heterocycles. The maximum Gasteiger partial charge on any atom is 0.573 e. The normalized spacial score (nSPS) is 10.9. The summed E-state index contributed by atoms with van der Waals surface area (Å²) >= 11 is 0. The molecule has 156 valence electrons. The third-order valence-electron chi connectivity index (χ3n) is 4.00. The minimum Gasteiger partial charge on any atom is -0.494 e. The Kier molecular flexibility index (Phi) is 6.46. The summed E-state index contributed by atoms with van der Waals surface area (Å²) in [7, 11) is 0. The van der Waals surface area contributed by atoms with E-state index >= 15 is 0 Å². The summed E-state index contributed by atoms with van der Waals surface area (Å²) in [5.41, 5.74) is 2.60. The molecule has 0 fully saturated rings. The van der Waals surface area contributed by atoms with E-state index in [2.05, 4.69) is 15.4 Å². The topological polar surface area (TPSA) is 59.6 Å². The summed E-state index contributed by atoms with van der Waals surface area (Å²) in [6.07, 6.45) is -4.77. The third kappa shape index (κ3) is 5.91. The van der Waals surface area contributed by atoms with Crippen molar-refractivity contribution >= 4 is 17.4 Å². The molecule has 0 aliphatic heterocycles. The van der Waals surface area contributed by atoms with Crippen molar-refractivity contribution in [1.82, 2.24) is 0 Å². The van der Waals surface area contributed by atoms with E-state index in [1.807, 2.05) is 43.3 Å². The Hall–Kier alpha value is -3.68. The largest absolute Gasteiger partial charge is 0.573 e. The highest BCUT2D eigenvalue weighted by molar-refractivity contribution is 6.02. The van der Waals surface area contributed by atoms with Crippen LogP contribution in [-0.2, 0) is 0 Å². The van der Waals surface area contributed by atoms with E-state index in [0.29, 0.717) is 18.0 Å². The number of carbonyl (C=O) groups is 1. The van der Waals surface area contributed by atoms with E-state index in [1.54, 1.807) is 12.1 Å². The van der Waals surface area contributed by atoms with E-state index in [1.165, 1.54) is 12.1 Å². The SMILES string of the molecule is CCOc1ccc(-c2ccccc2NC(=O)Nc2ccc(OC(F)(F)F)cc2)cc1. The summed E-state index contributed by atoms with van der Waals surface area (Å²) in [5.74, 6) is 0.386. The highest BCUT2D eigenvalue weighted by atomic mass is 19.4. The van der Waals surface area contributed by atoms with Crippen LogP contribution in [0.15, 0.2) is 72.8 Å². The molecule has 0 saturated heterocycles. The van der Waals surface area contributed by atoms with Gasteiger partial charge in [-0.1, -0.05) is 30.3 Å². The minimum atomic E-state index is -4.77. The number of para-hydroxylation sites is 1. The van der Waals surface area contributed by atoms with Gasteiger partial charge in [0.05, 0.1) is 12.3 Å². The van der Waals surface area contributed by atoms with Crippen molar-refractivity contribution in [3.63, 3.8) is 0 Å². The number of nitrogens with one attached hydrogen (secondary N) is 2. The molecule has 0 unspecified atom stereocenters. The van der Waals surface area contributed by atoms with Gasteiger partial charge in [0.1, 0.15) is 11.5 Å². The molecule has 30 heavy (non-hydrogen) atoms. The summed E-state index contributed by atoms with van der Waals surface area (Å²) in [5, 5.41) is 5.34. The lowest BCUT2D eigenvalue weighted by atomic mass is 10.0. The first-order valence-electron chi connectivity index (χ1n) is 9.10. The van der Waals surface area contributed by atoms with Crippen molar-refractivity contribution in [3.8, 4) is 22.6 Å². The molecule has 0 heterocycles. The molecule has 0 saturated carbocycles. The lowest BCUT2D eigenvalue weighted by molar-refractivity contribution is -0.274. The van der Waals surface area contributed by atoms with Gasteiger partial charge in [-0.05, 0) is 55.0 Å². The fourth-order valence-corrected chi connectivity index (χ4v) is 2.77. The average molecular weight is 416 g/mol. The molecule has 0 atom stereocenters. The zero-order valence-corrected chi connectivity index (χ0v) is 16.0. The second-order valence-electron chi connectivity index (χ2n) is 6.15. The number of ether oxygens (including phenoxy) is 2. The molecule has 0 aliphatic carbocycles. The van der Waals surface area contributed by atoms with Crippen LogP contribution in [0, 0.1) is 0 Å². The number of anilines is 2. The van der Waals surface area contributed by atoms with Crippen LogP contribution in [0.1, 0.15) is 6.92 Å². The number of benzene rings is 3. The quantitative estimate of drug-likeness (QED) is 0.496. The average Bonchev–Trinajstić information content (AvgIpc) is 2.70. The Morgan fingerprint density at radius 2 is 1.50 bits per heavy atom. The zero-order chi connectivity index (χ0) is 21.6. The summed E-state index contributed by atoms with van der Waals surface area (Å²) in [4.78, 5) is 12.4. The molecular formula is C22H19F3N2O3. The van der Waals surface area contributed by atoms with Gasteiger partial charge in [-0.25, -0.2) is 4.79 Å². The number of urea groups is 1. The van der Waals surface area contributed by atoms with Crippen LogP contribution in [0.4, 0.5) is 29.3 Å². The number of rotatable bonds is 6. The first-order chi connectivity index (χ1) is 14.3. The first-order valence-corrected chi connectivity index (χ1v) is 9.10. The number of hydrogen-bond donors (Lipinski definition) is 2. The molecule has 2 N–H and O–H groups in total. The molecule has 0 bridgehead atoms. The van der Waals surface area contributed by atoms with E-state index < -0.39 is 12.4 Å². The van der Waals surface area contributed by atoms with Gasteiger partial charge >= 0.3 is 12.4 Å². The van der Waals surface area contributed by atoms with Crippen molar-refractivity contribution in [2.45, 2.75) is 13.3 Å². The van der Waals surface area contributed by atoms with Gasteiger partial charge in [0, 0.05) is 11.3 Å². The number of hydrogen-bond acceptors (Lipinski definition) is 3. The van der Waals surface area contributed by atoms with Gasteiger partial charge in [-0.15, -0.1) is 13.2 Å². The van der Waals surface area contributed by atoms with Gasteiger partial charge in [0.25, 0.3) is 0 Å². The predicted molar refractivity (Wildman–Crippen MR) is 109 cm³/mol. The molecule has 5 nitrogen and oxygen atoms in total. The molecule has 8 heteroatoms. The van der Waals surface area contributed by atoms with E-state index in [-0.39, 0.29) is 5.75 Å². The van der Waals surface area contributed by atoms with Gasteiger partial charge < -0.3 is 20.1 Å². The lowest BCUT2D eigenvalue weighted by Crippen LogP contribution is -2.20. The van der Waals surface area contributed by atoms with Gasteiger partial charge in [-0.3, -0.25) is 0 Å². The van der Waals surface area contributed by atoms with E-state index in [4.69, 9.17) is 4.74 Å². The molecule has 0 aliphatic rings. The lowest BCUT2D eigenvalue weighted by Gasteiger charge is -2.13. The first kappa shape index (κ1) is 21.0. The second-order valence-corrected chi connectivity index (χ2v) is 6.15. The Bertz CT molecular complexity index is 988. The van der Waals surface area contributed by atoms with Crippen LogP contribution in [0.25, 0.3) is 11.1 Å². The summed E-state index contributed by atoms with van der Waals surface area (Å²) in [6, 6.07) is 19.1. The van der Waals surface area contributed by atoms with Gasteiger partial charge in [0.15, 0.2) is 0 Å². The predicted octanol–water partition coefficient (Wildman–Crippen LogP) is 6.29. The molecule has 0 spiro atoms. The molecule has 3 aromatic rings. The van der Waals surface area contributed by atoms with Crippen molar-refractivity contribution in [2.75, 3.05) is 17.2 Å². The zero-order valence-electron chi connectivity index (χ0n) is 16.0. The number of carbonyl (C=O) groups excluding carboxylic acids is 1. The maximum atomic E-state index is 12.4. The van der Waals surface area contributed by atoms with Gasteiger partial charge in [0.2, 0.25) is 0 Å². The molecular weight excluding hydrogens is 397 g/mol. The Morgan fingerprint density at radius 1 is 0.867 bits per heavy atom. The van der Waals surface area contributed by atoms with Crippen molar-refractivity contribution in [2.24, 2.45) is 0 Å². The summed E-state index contributed by atoms with van der Waals surface area (Å²) < 4.78 is 45.9. The maximum absolute atomic E-state index is 12.4. The van der Waals surface area contributed by atoms with E-state index in [9.17, 15) is 18.0 Å². The van der Waals surface area contributed by atoms with Crippen LogP contribution in [0.2, 0.25) is 0 Å². The van der Waals surface area contributed by atoms with Crippen LogP contribution in [-0.4, -0.2) is 19.0 Å². The van der Waals surface area contributed by atoms with Crippen LogP contribution in [0.5, 0.6) is 11.5 Å². The molecule has 3 aromatic carbocycles.